The third-order valence-electron chi connectivity index (χ3n) is 11.8. The van der Waals surface area contributed by atoms with Crippen molar-refractivity contribution in [2.75, 3.05) is 25.2 Å². The molecule has 11 nitrogen and oxygen atoms in total. The molecule has 0 saturated heterocycles. The average Bonchev–Trinajstić information content (AvgIpc) is 3.12. The van der Waals surface area contributed by atoms with Crippen molar-refractivity contribution in [1.82, 2.24) is 10.6 Å². The molecule has 12 heteroatoms. The van der Waals surface area contributed by atoms with E-state index in [4.69, 9.17) is 24.9 Å². The second-order valence-corrected chi connectivity index (χ2v) is 17.6. The lowest BCUT2D eigenvalue weighted by Gasteiger charge is -2.56. The molecule has 7 atom stereocenters. The number of nitrogens with one attached hydrogen (secondary N) is 2. The fourth-order valence-corrected chi connectivity index (χ4v) is 9.60. The number of hydrogen-bond donors (Lipinski definition) is 5. The zero-order valence-electron chi connectivity index (χ0n) is 34.2. The smallest absolute Gasteiger partial charge is 0.224 e. The molecule has 3 heterocycles. The van der Waals surface area contributed by atoms with Crippen LogP contribution in [0.2, 0.25) is 0 Å². The van der Waals surface area contributed by atoms with Crippen molar-refractivity contribution in [3.05, 3.63) is 63.3 Å². The molecule has 1 aromatic rings. The van der Waals surface area contributed by atoms with Gasteiger partial charge in [0.1, 0.15) is 40.3 Å². The Balaban J connectivity index is 1.56. The number of fused-ring (bicyclic) bond motifs is 7. The Morgan fingerprint density at radius 3 is 2.61 bits per heavy atom. The number of ketones is 1. The van der Waals surface area contributed by atoms with E-state index in [1.807, 2.05) is 20.8 Å². The van der Waals surface area contributed by atoms with E-state index in [-0.39, 0.29) is 23.8 Å². The number of carbonyl (C=O) groups is 1. The number of aliphatic hydroxyl groups excluding tert-OH is 1. The minimum absolute atomic E-state index is 0.0504. The summed E-state index contributed by atoms with van der Waals surface area (Å²) in [4.78, 5) is 24.3. The van der Waals surface area contributed by atoms with Gasteiger partial charge in [-0.05, 0) is 116 Å². The van der Waals surface area contributed by atoms with Crippen LogP contribution in [0.3, 0.4) is 0 Å². The number of alkyl halides is 1. The summed E-state index contributed by atoms with van der Waals surface area (Å²) in [5.41, 5.74) is 11.9. The number of hydrogen-bond acceptors (Lipinski definition) is 10. The largest absolute Gasteiger partial charge is 0.484 e. The molecule has 5 aliphatic rings. The fraction of sp³-hybridized carbons (Fsp3) is 0.568. The number of aliphatic hydroxyl groups is 2. The fourth-order valence-electron chi connectivity index (χ4n) is 9.37. The number of aliphatic imine (C=N–C) groups is 2. The van der Waals surface area contributed by atoms with Gasteiger partial charge in [-0.25, -0.2) is 9.98 Å². The lowest BCUT2D eigenvalue weighted by Crippen LogP contribution is -2.62. The molecule has 0 amide bonds. The van der Waals surface area contributed by atoms with Crippen molar-refractivity contribution in [2.45, 2.75) is 111 Å². The Bertz CT molecular complexity index is 1910. The Kier molecular flexibility index (Phi) is 12.7. The maximum Gasteiger partial charge on any atom is 0.224 e. The summed E-state index contributed by atoms with van der Waals surface area (Å²) in [6.45, 7) is 17.3. The molecule has 2 aliphatic carbocycles. The SMILES string of the molecule is CC(C)=CCCC1(C)C=Cc2c(c(CC=C(C)C)c3c(c2OCBr)C2=C4C(N=C(N=CN)N2)C2CC(C4O3)C(C(C)(C)O)C(CC=C(C)CNCCO)C2=O)O1. The molecule has 6 N–H and O–H groups in total. The van der Waals surface area contributed by atoms with E-state index in [1.54, 1.807) is 0 Å². The second kappa shape index (κ2) is 17.0. The quantitative estimate of drug-likeness (QED) is 0.0449. The van der Waals surface area contributed by atoms with Gasteiger partial charge >= 0.3 is 0 Å². The molecule has 56 heavy (non-hydrogen) atoms. The van der Waals surface area contributed by atoms with Crippen LogP contribution >= 0.6 is 15.9 Å². The summed E-state index contributed by atoms with van der Waals surface area (Å²) in [5.74, 6) is 0.825. The maximum atomic E-state index is 14.8. The summed E-state index contributed by atoms with van der Waals surface area (Å²) in [5, 5.41) is 28.0. The van der Waals surface area contributed by atoms with E-state index in [2.05, 4.69) is 96.6 Å². The number of Topliss-reactive ketones (excluding diaryl/α,β-unsaturated/α-hetero) is 1. The second-order valence-electron chi connectivity index (χ2n) is 17.1. The van der Waals surface area contributed by atoms with E-state index in [0.717, 1.165) is 57.7 Å². The Morgan fingerprint density at radius 1 is 1.20 bits per heavy atom. The standard InChI is InChI=1S/C44H60BrN5O6/c1-24(2)10-9-16-44(8)17-15-29-38(56-44)28(13-11-25(3)4)40-33(39(29)54-22-45)36-32-35(49-42(50-36)48-23-46)31-20-30(41(32)55-40)34(43(6,7)53)27(37(31)52)14-12-26(5)21-47-18-19-51/h10-12,15,17,23,27,30-31,34-35,41,47,51,53H,9,13-14,16,18-22H2,1-8H3,(H3,46,48,49,50). The molecule has 1 aromatic carbocycles. The number of benzene rings is 1. The van der Waals surface area contributed by atoms with Crippen LogP contribution in [0.1, 0.15) is 97.8 Å². The van der Waals surface area contributed by atoms with E-state index in [1.165, 1.54) is 11.9 Å². The lowest BCUT2D eigenvalue weighted by molar-refractivity contribution is -0.151. The van der Waals surface area contributed by atoms with Crippen LogP contribution in [-0.2, 0) is 11.2 Å². The summed E-state index contributed by atoms with van der Waals surface area (Å²) in [7, 11) is 0. The van der Waals surface area contributed by atoms with Crippen LogP contribution < -0.4 is 30.6 Å². The van der Waals surface area contributed by atoms with Crippen molar-refractivity contribution in [1.29, 1.82) is 0 Å². The molecular weight excluding hydrogens is 774 g/mol. The van der Waals surface area contributed by atoms with Gasteiger partial charge in [-0.2, -0.15) is 0 Å². The molecule has 2 bridgehead atoms. The summed E-state index contributed by atoms with van der Waals surface area (Å²) >= 11 is 3.54. The predicted molar refractivity (Wildman–Crippen MR) is 227 cm³/mol. The highest BCUT2D eigenvalue weighted by Crippen LogP contribution is 2.60. The first-order chi connectivity index (χ1) is 26.6. The van der Waals surface area contributed by atoms with Gasteiger partial charge in [0, 0.05) is 47.9 Å². The van der Waals surface area contributed by atoms with Gasteiger partial charge in [0.15, 0.2) is 0 Å². The van der Waals surface area contributed by atoms with Gasteiger partial charge in [-0.1, -0.05) is 34.9 Å². The molecule has 2 saturated carbocycles. The van der Waals surface area contributed by atoms with Gasteiger partial charge in [0.25, 0.3) is 0 Å². The normalized spacial score (nSPS) is 27.7. The number of rotatable bonds is 14. The first-order valence-corrected chi connectivity index (χ1v) is 21.0. The van der Waals surface area contributed by atoms with Crippen LogP contribution in [-0.4, -0.2) is 76.9 Å². The van der Waals surface area contributed by atoms with E-state index in [0.29, 0.717) is 49.8 Å². The first-order valence-electron chi connectivity index (χ1n) is 19.9. The van der Waals surface area contributed by atoms with Crippen molar-refractivity contribution in [3.63, 3.8) is 0 Å². The molecular formula is C44H60BrN5O6. The number of carbonyl (C=O) groups excluding carboxylic acids is 1. The van der Waals surface area contributed by atoms with Gasteiger partial charge in [-0.3, -0.25) is 4.79 Å². The van der Waals surface area contributed by atoms with Crippen LogP contribution in [0.4, 0.5) is 0 Å². The van der Waals surface area contributed by atoms with Crippen molar-refractivity contribution in [2.24, 2.45) is 39.4 Å². The highest BCUT2D eigenvalue weighted by molar-refractivity contribution is 9.09. The van der Waals surface area contributed by atoms with E-state index >= 15 is 0 Å². The van der Waals surface area contributed by atoms with Gasteiger partial charge in [0.2, 0.25) is 5.96 Å². The Labute approximate surface area is 340 Å². The van der Waals surface area contributed by atoms with Crippen molar-refractivity contribution in [3.8, 4) is 17.2 Å². The molecule has 6 rings (SSSR count). The van der Waals surface area contributed by atoms with Gasteiger partial charge in [0.05, 0.1) is 41.4 Å². The van der Waals surface area contributed by atoms with Crippen LogP contribution in [0.25, 0.3) is 11.8 Å². The molecule has 0 radical (unpaired) electrons. The lowest BCUT2D eigenvalue weighted by atomic mass is 9.53. The van der Waals surface area contributed by atoms with Crippen LogP contribution in [0, 0.1) is 23.7 Å². The summed E-state index contributed by atoms with van der Waals surface area (Å²) in [6, 6.07) is -0.548. The molecule has 304 valence electrons. The number of allylic oxidation sites excluding steroid dienone is 5. The molecule has 0 aromatic heterocycles. The van der Waals surface area contributed by atoms with E-state index < -0.39 is 41.1 Å². The third-order valence-corrected chi connectivity index (χ3v) is 12.0. The predicted octanol–water partition coefficient (Wildman–Crippen LogP) is 6.76. The Hall–Kier alpha value is -3.71. The number of guanidine groups is 1. The number of halogens is 1. The van der Waals surface area contributed by atoms with Crippen molar-refractivity contribution >= 4 is 45.8 Å². The van der Waals surface area contributed by atoms with Crippen LogP contribution in [0.15, 0.2) is 56.6 Å². The highest BCUT2D eigenvalue weighted by atomic mass is 79.9. The zero-order chi connectivity index (χ0) is 40.5. The zero-order valence-corrected chi connectivity index (χ0v) is 35.8. The van der Waals surface area contributed by atoms with Gasteiger partial charge in [-0.15, -0.1) is 0 Å². The maximum absolute atomic E-state index is 14.8. The van der Waals surface area contributed by atoms with Crippen molar-refractivity contribution < 1.29 is 29.2 Å². The monoisotopic (exact) mass is 833 g/mol. The number of nitrogens with two attached hydrogens (primary N) is 1. The molecule has 2 fully saturated rings. The third kappa shape index (κ3) is 8.31. The number of nitrogens with zero attached hydrogens (tertiary/aromatic N) is 2. The van der Waals surface area contributed by atoms with Gasteiger partial charge < -0.3 is 40.8 Å². The van der Waals surface area contributed by atoms with Crippen LogP contribution in [0.5, 0.6) is 17.2 Å². The summed E-state index contributed by atoms with van der Waals surface area (Å²) in [6.07, 6.45) is 14.7. The minimum atomic E-state index is -1.20. The number of ether oxygens (including phenoxy) is 3. The minimum Gasteiger partial charge on any atom is -0.484 e. The molecule has 0 spiro atoms. The summed E-state index contributed by atoms with van der Waals surface area (Å²) < 4.78 is 21.0. The first kappa shape index (κ1) is 41.9. The Morgan fingerprint density at radius 2 is 1.95 bits per heavy atom. The molecule has 7 unspecified atom stereocenters. The topological polar surface area (TPSA) is 160 Å². The van der Waals surface area contributed by atoms with E-state index in [9.17, 15) is 15.0 Å². The highest BCUT2D eigenvalue weighted by Gasteiger charge is 2.61. The molecule has 3 aliphatic heterocycles. The average molecular weight is 835 g/mol.